The predicted octanol–water partition coefficient (Wildman–Crippen LogP) is 2.35. The van der Waals surface area contributed by atoms with Gasteiger partial charge in [-0.2, -0.15) is 0 Å². The molecule has 0 unspecified atom stereocenters. The van der Waals surface area contributed by atoms with Crippen LogP contribution < -0.4 is 10.9 Å². The van der Waals surface area contributed by atoms with E-state index in [9.17, 15) is 4.79 Å². The maximum atomic E-state index is 11.1. The second-order valence-electron chi connectivity index (χ2n) is 5.14. The van der Waals surface area contributed by atoms with Crippen molar-refractivity contribution in [2.24, 2.45) is 0 Å². The SMILES string of the molecule is CCOC1CC(Nc2ccc(-c3cc(=O)[nH][nH]3)cc2)C1. The van der Waals surface area contributed by atoms with Crippen LogP contribution >= 0.6 is 0 Å². The fourth-order valence-corrected chi connectivity index (χ4v) is 2.52. The first-order valence-corrected chi connectivity index (χ1v) is 7.01. The van der Waals surface area contributed by atoms with Gasteiger partial charge in [0, 0.05) is 24.4 Å². The van der Waals surface area contributed by atoms with Crippen molar-refractivity contribution in [3.05, 3.63) is 40.7 Å². The van der Waals surface area contributed by atoms with Crippen molar-refractivity contribution in [3.63, 3.8) is 0 Å². The summed E-state index contributed by atoms with van der Waals surface area (Å²) in [5, 5.41) is 8.88. The van der Waals surface area contributed by atoms with Crippen LogP contribution in [0.2, 0.25) is 0 Å². The number of benzene rings is 1. The van der Waals surface area contributed by atoms with Gasteiger partial charge in [0.15, 0.2) is 0 Å². The van der Waals surface area contributed by atoms with Gasteiger partial charge in [-0.3, -0.25) is 15.0 Å². The van der Waals surface area contributed by atoms with Crippen LogP contribution in [0.3, 0.4) is 0 Å². The van der Waals surface area contributed by atoms with Crippen molar-refractivity contribution >= 4 is 5.69 Å². The zero-order chi connectivity index (χ0) is 13.9. The summed E-state index contributed by atoms with van der Waals surface area (Å²) in [4.78, 5) is 11.1. The van der Waals surface area contributed by atoms with Gasteiger partial charge in [-0.05, 0) is 37.5 Å². The highest BCUT2D eigenvalue weighted by molar-refractivity contribution is 5.62. The van der Waals surface area contributed by atoms with Gasteiger partial charge >= 0.3 is 0 Å². The van der Waals surface area contributed by atoms with E-state index in [1.165, 1.54) is 0 Å². The van der Waals surface area contributed by atoms with E-state index in [0.29, 0.717) is 12.1 Å². The topological polar surface area (TPSA) is 69.9 Å². The lowest BCUT2D eigenvalue weighted by atomic mass is 9.89. The van der Waals surface area contributed by atoms with Crippen molar-refractivity contribution in [3.8, 4) is 11.3 Å². The quantitative estimate of drug-likeness (QED) is 0.783. The first kappa shape index (κ1) is 13.0. The van der Waals surface area contributed by atoms with Crippen molar-refractivity contribution in [1.29, 1.82) is 0 Å². The van der Waals surface area contributed by atoms with Crippen LogP contribution in [0.4, 0.5) is 5.69 Å². The summed E-state index contributed by atoms with van der Waals surface area (Å²) in [7, 11) is 0. The van der Waals surface area contributed by atoms with Crippen LogP contribution in [-0.2, 0) is 4.74 Å². The second kappa shape index (κ2) is 5.54. The van der Waals surface area contributed by atoms with Gasteiger partial charge in [0.1, 0.15) is 0 Å². The highest BCUT2D eigenvalue weighted by atomic mass is 16.5. The molecule has 0 bridgehead atoms. The van der Waals surface area contributed by atoms with Gasteiger partial charge in [0.25, 0.3) is 5.56 Å². The van der Waals surface area contributed by atoms with Crippen LogP contribution in [0.5, 0.6) is 0 Å². The van der Waals surface area contributed by atoms with Crippen molar-refractivity contribution < 1.29 is 4.74 Å². The molecular weight excluding hydrogens is 254 g/mol. The highest BCUT2D eigenvalue weighted by Gasteiger charge is 2.29. The predicted molar refractivity (Wildman–Crippen MR) is 78.9 cm³/mol. The lowest BCUT2D eigenvalue weighted by Gasteiger charge is -2.36. The molecule has 5 nitrogen and oxygen atoms in total. The zero-order valence-corrected chi connectivity index (χ0v) is 11.5. The molecule has 106 valence electrons. The number of anilines is 1. The van der Waals surface area contributed by atoms with Gasteiger partial charge in [0.05, 0.1) is 11.8 Å². The maximum absolute atomic E-state index is 11.1. The number of ether oxygens (including phenoxy) is 1. The van der Waals surface area contributed by atoms with E-state index in [1.54, 1.807) is 6.07 Å². The van der Waals surface area contributed by atoms with Gasteiger partial charge in [-0.1, -0.05) is 12.1 Å². The van der Waals surface area contributed by atoms with Gasteiger partial charge in [-0.25, -0.2) is 0 Å². The van der Waals surface area contributed by atoms with Crippen LogP contribution in [0.15, 0.2) is 35.1 Å². The van der Waals surface area contributed by atoms with Crippen LogP contribution in [-0.4, -0.2) is 29.0 Å². The molecule has 1 aromatic carbocycles. The van der Waals surface area contributed by atoms with E-state index >= 15 is 0 Å². The summed E-state index contributed by atoms with van der Waals surface area (Å²) in [5.74, 6) is 0. The molecule has 5 heteroatoms. The van der Waals surface area contributed by atoms with Crippen LogP contribution in [0, 0.1) is 0 Å². The van der Waals surface area contributed by atoms with Crippen molar-refractivity contribution in [1.82, 2.24) is 10.2 Å². The molecule has 0 spiro atoms. The standard InChI is InChI=1S/C15H19N3O2/c1-2-20-13-7-12(8-13)16-11-5-3-10(4-6-11)14-9-15(19)18-17-14/h3-6,9,12-13,16H,2,7-8H2,1H3,(H2,17,18,19). The molecule has 3 N–H and O–H groups in total. The molecular formula is C15H19N3O2. The molecule has 1 aliphatic rings. The van der Waals surface area contributed by atoms with Crippen LogP contribution in [0.1, 0.15) is 19.8 Å². The third-order valence-corrected chi connectivity index (χ3v) is 3.66. The molecule has 0 aliphatic heterocycles. The van der Waals surface area contributed by atoms with Crippen LogP contribution in [0.25, 0.3) is 11.3 Å². The minimum atomic E-state index is -0.112. The molecule has 0 radical (unpaired) electrons. The summed E-state index contributed by atoms with van der Waals surface area (Å²) < 4.78 is 5.55. The molecule has 0 saturated heterocycles. The Kier molecular flexibility index (Phi) is 3.60. The molecule has 0 atom stereocenters. The Hall–Kier alpha value is -2.01. The Balaban J connectivity index is 1.58. The Morgan fingerprint density at radius 1 is 1.25 bits per heavy atom. The maximum Gasteiger partial charge on any atom is 0.264 e. The van der Waals surface area contributed by atoms with E-state index in [2.05, 4.69) is 15.5 Å². The molecule has 1 aromatic heterocycles. The average molecular weight is 273 g/mol. The Morgan fingerprint density at radius 3 is 2.60 bits per heavy atom. The lowest BCUT2D eigenvalue weighted by Crippen LogP contribution is -2.40. The molecule has 3 rings (SSSR count). The van der Waals surface area contributed by atoms with E-state index in [-0.39, 0.29) is 5.56 Å². The van der Waals surface area contributed by atoms with E-state index in [0.717, 1.165) is 36.4 Å². The minimum Gasteiger partial charge on any atom is -0.382 e. The zero-order valence-electron chi connectivity index (χ0n) is 11.5. The molecule has 1 saturated carbocycles. The Morgan fingerprint density at radius 2 is 2.00 bits per heavy atom. The number of aromatic nitrogens is 2. The molecule has 1 fully saturated rings. The van der Waals surface area contributed by atoms with Gasteiger partial charge in [-0.15, -0.1) is 0 Å². The third kappa shape index (κ3) is 2.77. The monoisotopic (exact) mass is 273 g/mol. The van der Waals surface area contributed by atoms with Crippen molar-refractivity contribution in [2.75, 3.05) is 11.9 Å². The molecule has 1 aliphatic carbocycles. The van der Waals surface area contributed by atoms with Gasteiger partial charge in [0.2, 0.25) is 0 Å². The molecule has 1 heterocycles. The normalized spacial score (nSPS) is 21.4. The third-order valence-electron chi connectivity index (χ3n) is 3.66. The summed E-state index contributed by atoms with van der Waals surface area (Å²) >= 11 is 0. The average Bonchev–Trinajstić information content (AvgIpc) is 2.84. The number of aromatic amines is 2. The second-order valence-corrected chi connectivity index (χ2v) is 5.14. The first-order valence-electron chi connectivity index (χ1n) is 7.01. The largest absolute Gasteiger partial charge is 0.382 e. The van der Waals surface area contributed by atoms with E-state index < -0.39 is 0 Å². The number of rotatable bonds is 5. The van der Waals surface area contributed by atoms with E-state index in [4.69, 9.17) is 4.74 Å². The summed E-state index contributed by atoms with van der Waals surface area (Å²) in [6.07, 6.45) is 2.56. The Labute approximate surface area is 117 Å². The number of hydrogen-bond acceptors (Lipinski definition) is 3. The number of nitrogens with one attached hydrogen (secondary N) is 3. The molecule has 2 aromatic rings. The minimum absolute atomic E-state index is 0.112. The van der Waals surface area contributed by atoms with Gasteiger partial charge < -0.3 is 10.1 Å². The summed E-state index contributed by atoms with van der Waals surface area (Å²) in [5.41, 5.74) is 2.79. The van der Waals surface area contributed by atoms with Crippen molar-refractivity contribution in [2.45, 2.75) is 31.9 Å². The number of H-pyrrole nitrogens is 2. The van der Waals surface area contributed by atoms with E-state index in [1.807, 2.05) is 31.2 Å². The smallest absolute Gasteiger partial charge is 0.264 e. The highest BCUT2D eigenvalue weighted by Crippen LogP contribution is 2.27. The molecule has 20 heavy (non-hydrogen) atoms. The fraction of sp³-hybridized carbons (Fsp3) is 0.400. The number of hydrogen-bond donors (Lipinski definition) is 3. The summed E-state index contributed by atoms with van der Waals surface area (Å²) in [6.45, 7) is 2.83. The fourth-order valence-electron chi connectivity index (χ4n) is 2.52. The molecule has 0 amide bonds. The summed E-state index contributed by atoms with van der Waals surface area (Å²) in [6, 6.07) is 10.1. The Bertz CT molecular complexity index is 609. The first-order chi connectivity index (χ1) is 9.74. The lowest BCUT2D eigenvalue weighted by molar-refractivity contribution is 0.00299.